The summed E-state index contributed by atoms with van der Waals surface area (Å²) < 4.78 is 45.5. The summed E-state index contributed by atoms with van der Waals surface area (Å²) in [6.45, 7) is 4.47. The van der Waals surface area contributed by atoms with Crippen molar-refractivity contribution < 1.29 is 22.4 Å². The highest BCUT2D eigenvalue weighted by molar-refractivity contribution is 5.91. The Morgan fingerprint density at radius 1 is 1.00 bits per heavy atom. The molecule has 1 saturated heterocycles. The molecule has 0 unspecified atom stereocenters. The number of hydrogen-bond acceptors (Lipinski definition) is 7. The van der Waals surface area contributed by atoms with Crippen LogP contribution in [0.15, 0.2) is 77.3 Å². The highest BCUT2D eigenvalue weighted by atomic mass is 19.3. The van der Waals surface area contributed by atoms with Crippen LogP contribution in [-0.4, -0.2) is 65.4 Å². The first kappa shape index (κ1) is 27.1. The molecular weight excluding hydrogens is 523 g/mol. The van der Waals surface area contributed by atoms with E-state index in [1.165, 1.54) is 17.0 Å². The van der Waals surface area contributed by atoms with E-state index < -0.39 is 18.1 Å². The largest absolute Gasteiger partial charge is 0.415 e. The number of carbonyl (C=O) groups is 1. The van der Waals surface area contributed by atoms with Crippen LogP contribution in [0.3, 0.4) is 0 Å². The van der Waals surface area contributed by atoms with Gasteiger partial charge in [0, 0.05) is 62.3 Å². The minimum absolute atomic E-state index is 0.0448. The average molecular weight is 552 g/mol. The van der Waals surface area contributed by atoms with E-state index in [4.69, 9.17) is 4.42 Å². The molecule has 2 aromatic carbocycles. The molecule has 9 nitrogen and oxygen atoms in total. The molecule has 3 heterocycles. The topological polar surface area (TPSA) is 90.6 Å². The highest BCUT2D eigenvalue weighted by Crippen LogP contribution is 2.26. The minimum Gasteiger partial charge on any atom is -0.415 e. The van der Waals surface area contributed by atoms with Gasteiger partial charge < -0.3 is 14.6 Å². The summed E-state index contributed by atoms with van der Waals surface area (Å²) in [6.07, 6.45) is -1.13. The Hall–Kier alpha value is -4.45. The van der Waals surface area contributed by atoms with Crippen LogP contribution in [0.2, 0.25) is 0 Å². The van der Waals surface area contributed by atoms with E-state index in [2.05, 4.69) is 30.3 Å². The predicted molar refractivity (Wildman–Crippen MR) is 144 cm³/mol. The number of para-hydroxylation sites is 1. The van der Waals surface area contributed by atoms with E-state index >= 15 is 4.39 Å². The van der Waals surface area contributed by atoms with Gasteiger partial charge in [0.15, 0.2) is 0 Å². The number of pyridine rings is 1. The van der Waals surface area contributed by atoms with Gasteiger partial charge in [0.25, 0.3) is 5.89 Å². The summed E-state index contributed by atoms with van der Waals surface area (Å²) >= 11 is 0. The molecule has 208 valence electrons. The van der Waals surface area contributed by atoms with Crippen LogP contribution >= 0.6 is 0 Å². The first-order chi connectivity index (χ1) is 19.5. The molecule has 40 heavy (non-hydrogen) atoms. The van der Waals surface area contributed by atoms with Crippen molar-refractivity contribution in [1.82, 2.24) is 25.4 Å². The van der Waals surface area contributed by atoms with E-state index in [0.717, 1.165) is 38.1 Å². The molecule has 0 bridgehead atoms. The van der Waals surface area contributed by atoms with Crippen molar-refractivity contribution in [3.63, 3.8) is 0 Å². The lowest BCUT2D eigenvalue weighted by molar-refractivity contribution is 0.116. The maximum Gasteiger partial charge on any atom is 0.322 e. The van der Waals surface area contributed by atoms with Gasteiger partial charge in [0.2, 0.25) is 5.89 Å². The average Bonchev–Trinajstić information content (AvgIpc) is 3.49. The van der Waals surface area contributed by atoms with E-state index in [1.54, 1.807) is 30.5 Å². The lowest BCUT2D eigenvalue weighted by Gasteiger charge is -2.35. The second-order valence-corrected chi connectivity index (χ2v) is 9.22. The highest BCUT2D eigenvalue weighted by Gasteiger charge is 2.22. The van der Waals surface area contributed by atoms with Gasteiger partial charge in [0.1, 0.15) is 11.6 Å². The number of carbonyl (C=O) groups excluding carboxylic acids is 1. The minimum atomic E-state index is -2.92. The van der Waals surface area contributed by atoms with Gasteiger partial charge in [0.05, 0.1) is 6.54 Å². The maximum atomic E-state index is 15.1. The number of urea groups is 1. The van der Waals surface area contributed by atoms with Crippen molar-refractivity contribution in [1.29, 1.82) is 0 Å². The number of aromatic nitrogens is 3. The lowest BCUT2D eigenvalue weighted by Crippen LogP contribution is -2.49. The van der Waals surface area contributed by atoms with Crippen LogP contribution in [0.5, 0.6) is 0 Å². The number of amides is 2. The number of nitrogens with zero attached hydrogens (tertiary/aromatic N) is 6. The molecule has 0 atom stereocenters. The first-order valence-corrected chi connectivity index (χ1v) is 12.9. The third kappa shape index (κ3) is 6.57. The van der Waals surface area contributed by atoms with Crippen LogP contribution in [0.25, 0.3) is 11.5 Å². The zero-order valence-electron chi connectivity index (χ0n) is 21.6. The van der Waals surface area contributed by atoms with E-state index in [1.807, 2.05) is 24.3 Å². The van der Waals surface area contributed by atoms with E-state index in [0.29, 0.717) is 18.8 Å². The van der Waals surface area contributed by atoms with Gasteiger partial charge >= 0.3 is 12.5 Å². The summed E-state index contributed by atoms with van der Waals surface area (Å²) in [7, 11) is 0. The third-order valence-electron chi connectivity index (χ3n) is 6.62. The molecule has 0 radical (unpaired) electrons. The molecule has 12 heteroatoms. The Morgan fingerprint density at radius 3 is 2.45 bits per heavy atom. The maximum absolute atomic E-state index is 15.1. The smallest absolute Gasteiger partial charge is 0.322 e. The molecule has 0 saturated carbocycles. The Morgan fingerprint density at radius 2 is 1.77 bits per heavy atom. The molecule has 1 N–H and O–H groups in total. The van der Waals surface area contributed by atoms with Gasteiger partial charge in [-0.15, -0.1) is 10.2 Å². The zero-order valence-corrected chi connectivity index (χ0v) is 21.6. The van der Waals surface area contributed by atoms with Crippen molar-refractivity contribution in [2.45, 2.75) is 13.0 Å². The van der Waals surface area contributed by atoms with E-state index in [-0.39, 0.29) is 29.6 Å². The van der Waals surface area contributed by atoms with Crippen LogP contribution in [0.1, 0.15) is 17.9 Å². The lowest BCUT2D eigenvalue weighted by atomic mass is 10.1. The molecule has 1 aliphatic rings. The van der Waals surface area contributed by atoms with Crippen LogP contribution < -0.4 is 15.1 Å². The summed E-state index contributed by atoms with van der Waals surface area (Å²) in [6, 6.07) is 18.6. The molecule has 4 aromatic rings. The van der Waals surface area contributed by atoms with E-state index in [9.17, 15) is 13.6 Å². The zero-order chi connectivity index (χ0) is 27.9. The van der Waals surface area contributed by atoms with Gasteiger partial charge in [-0.3, -0.25) is 9.80 Å². The Labute approximate surface area is 229 Å². The number of alkyl halides is 2. The second-order valence-electron chi connectivity index (χ2n) is 9.22. The van der Waals surface area contributed by atoms with Gasteiger partial charge in [-0.1, -0.05) is 30.3 Å². The molecular formula is C28H28F3N7O2. The molecule has 2 amide bonds. The van der Waals surface area contributed by atoms with Crippen LogP contribution in [0.4, 0.5) is 29.5 Å². The quantitative estimate of drug-likeness (QED) is 0.321. The van der Waals surface area contributed by atoms with Crippen LogP contribution in [0, 0.1) is 5.82 Å². The molecule has 0 spiro atoms. The fraction of sp³-hybridized carbons (Fsp3) is 0.286. The monoisotopic (exact) mass is 551 g/mol. The fourth-order valence-corrected chi connectivity index (χ4v) is 4.46. The number of benzene rings is 2. The SMILES string of the molecule is O=C(NCCN1CCN(c2ccccn2)CC1)N(Cc1ccc(-c2nnc(C(F)F)o2)cc1F)c1ccccc1. The first-order valence-electron chi connectivity index (χ1n) is 12.9. The molecule has 2 aromatic heterocycles. The Kier molecular flexibility index (Phi) is 8.55. The standard InChI is InChI=1S/C28H28F3N7O2/c29-23-18-20(26-34-35-27(40-26)25(30)31)9-10-21(23)19-38(22-6-2-1-3-7-22)28(39)33-12-13-36-14-16-37(17-15-36)24-8-4-5-11-32-24/h1-11,18,25H,12-17,19H2,(H,33,39). The van der Waals surface area contributed by atoms with Crippen molar-refractivity contribution in [3.8, 4) is 11.5 Å². The van der Waals surface area contributed by atoms with Crippen molar-refractivity contribution in [2.75, 3.05) is 49.1 Å². The Bertz CT molecular complexity index is 1400. The number of hydrogen-bond donors (Lipinski definition) is 1. The number of rotatable bonds is 9. The molecule has 1 aliphatic heterocycles. The van der Waals surface area contributed by atoms with Gasteiger partial charge in [-0.25, -0.2) is 14.2 Å². The number of anilines is 2. The fourth-order valence-electron chi connectivity index (χ4n) is 4.46. The molecule has 0 aliphatic carbocycles. The third-order valence-corrected chi connectivity index (χ3v) is 6.62. The van der Waals surface area contributed by atoms with Crippen molar-refractivity contribution in [2.24, 2.45) is 0 Å². The normalized spacial score (nSPS) is 13.9. The summed E-state index contributed by atoms with van der Waals surface area (Å²) in [4.78, 5) is 23.6. The Balaban J connectivity index is 1.20. The number of halogens is 3. The number of piperazine rings is 1. The van der Waals surface area contributed by atoms with Crippen molar-refractivity contribution in [3.05, 3.63) is 90.2 Å². The van der Waals surface area contributed by atoms with Crippen molar-refractivity contribution >= 4 is 17.5 Å². The summed E-state index contributed by atoms with van der Waals surface area (Å²) in [5.41, 5.74) is 1.01. The summed E-state index contributed by atoms with van der Waals surface area (Å²) in [5.74, 6) is -0.709. The van der Waals surface area contributed by atoms with Gasteiger partial charge in [-0.2, -0.15) is 8.78 Å². The predicted octanol–water partition coefficient (Wildman–Crippen LogP) is 4.75. The van der Waals surface area contributed by atoms with Crippen LogP contribution in [-0.2, 0) is 6.54 Å². The second kappa shape index (κ2) is 12.6. The number of nitrogens with one attached hydrogen (secondary N) is 1. The molecule has 5 rings (SSSR count). The summed E-state index contributed by atoms with van der Waals surface area (Å²) in [5, 5.41) is 9.79. The van der Waals surface area contributed by atoms with Gasteiger partial charge in [-0.05, 0) is 36.4 Å². The molecule has 1 fully saturated rings.